The van der Waals surface area contributed by atoms with Gasteiger partial charge in [-0.3, -0.25) is 9.69 Å². The zero-order valence-corrected chi connectivity index (χ0v) is 18.6. The largest absolute Gasteiger partial charge is 0.496 e. The van der Waals surface area contributed by atoms with Crippen LogP contribution in [0.25, 0.3) is 0 Å². The van der Waals surface area contributed by atoms with Crippen LogP contribution in [0.4, 0.5) is 5.69 Å². The maximum Gasteiger partial charge on any atom is 0.229 e. The highest BCUT2D eigenvalue weighted by Gasteiger charge is 2.39. The van der Waals surface area contributed by atoms with Crippen LogP contribution in [0.1, 0.15) is 23.5 Å². The lowest BCUT2D eigenvalue weighted by molar-refractivity contribution is -0.129. The van der Waals surface area contributed by atoms with Gasteiger partial charge in [-0.25, -0.2) is 0 Å². The Hall–Kier alpha value is -2.43. The summed E-state index contributed by atoms with van der Waals surface area (Å²) in [6.07, 6.45) is 0.251. The highest BCUT2D eigenvalue weighted by molar-refractivity contribution is 9.10. The minimum atomic E-state index is -0.301. The summed E-state index contributed by atoms with van der Waals surface area (Å²) in [5.41, 5.74) is 3.77. The third-order valence-corrected chi connectivity index (χ3v) is 6.91. The van der Waals surface area contributed by atoms with E-state index in [9.17, 15) is 10.1 Å². The number of hydrogen-bond donors (Lipinski definition) is 0. The Bertz CT molecular complexity index is 1030. The summed E-state index contributed by atoms with van der Waals surface area (Å²) in [6.45, 7) is 2.51. The molecular weight excluding hydrogens is 450 g/mol. The quantitative estimate of drug-likeness (QED) is 0.633. The molecule has 2 aromatic carbocycles. The topological polar surface area (TPSA) is 56.6 Å². The van der Waals surface area contributed by atoms with Gasteiger partial charge in [0.25, 0.3) is 0 Å². The van der Waals surface area contributed by atoms with Gasteiger partial charge in [-0.2, -0.15) is 5.26 Å². The van der Waals surface area contributed by atoms with Gasteiger partial charge in [-0.1, -0.05) is 45.4 Å². The number of fused-ring (bicyclic) bond motifs is 1. The van der Waals surface area contributed by atoms with E-state index in [1.807, 2.05) is 18.2 Å². The summed E-state index contributed by atoms with van der Waals surface area (Å²) in [5, 5.41) is 10.7. The maximum atomic E-state index is 13.1. The number of carbonyl (C=O) groups excluding carboxylic acids is 1. The molecule has 4 rings (SSSR count). The van der Waals surface area contributed by atoms with Crippen molar-refractivity contribution in [1.82, 2.24) is 4.90 Å². The summed E-state index contributed by atoms with van der Waals surface area (Å²) in [6, 6.07) is 16.4. The molecule has 0 aromatic heterocycles. The number of benzene rings is 2. The fourth-order valence-corrected chi connectivity index (χ4v) is 5.27. The van der Waals surface area contributed by atoms with Crippen molar-refractivity contribution in [3.63, 3.8) is 0 Å². The SMILES string of the molecule is COc1ccc(Br)cc1C1CC(=O)N2CN(c3ccc(C)cc3)CSC2=C1C#N. The molecule has 0 N–H and O–H groups in total. The number of anilines is 1. The van der Waals surface area contributed by atoms with E-state index in [-0.39, 0.29) is 18.2 Å². The van der Waals surface area contributed by atoms with Gasteiger partial charge in [-0.05, 0) is 37.3 Å². The molecule has 148 valence electrons. The van der Waals surface area contributed by atoms with Crippen molar-refractivity contribution >= 4 is 39.3 Å². The second-order valence-corrected chi connectivity index (χ2v) is 8.93. The number of carbonyl (C=O) groups is 1. The maximum absolute atomic E-state index is 13.1. The molecule has 0 saturated carbocycles. The van der Waals surface area contributed by atoms with Gasteiger partial charge in [0.15, 0.2) is 0 Å². The van der Waals surface area contributed by atoms with Gasteiger partial charge in [0.2, 0.25) is 5.91 Å². The third kappa shape index (κ3) is 3.75. The second-order valence-electron chi connectivity index (χ2n) is 7.09. The molecule has 5 nitrogen and oxygen atoms in total. The Morgan fingerprint density at radius 2 is 2.00 bits per heavy atom. The van der Waals surface area contributed by atoms with E-state index in [2.05, 4.69) is 58.1 Å². The van der Waals surface area contributed by atoms with Crippen LogP contribution in [0, 0.1) is 18.3 Å². The van der Waals surface area contributed by atoms with Crippen LogP contribution in [0.5, 0.6) is 5.75 Å². The molecule has 2 aliphatic heterocycles. The summed E-state index contributed by atoms with van der Waals surface area (Å²) >= 11 is 5.04. The van der Waals surface area contributed by atoms with E-state index in [0.29, 0.717) is 23.9 Å². The Balaban J connectivity index is 1.70. The number of ether oxygens (including phenoxy) is 1. The van der Waals surface area contributed by atoms with E-state index >= 15 is 0 Å². The first-order chi connectivity index (χ1) is 14.0. The number of amides is 1. The number of thioether (sulfide) groups is 1. The van der Waals surface area contributed by atoms with Crippen molar-refractivity contribution in [1.29, 1.82) is 5.26 Å². The lowest BCUT2D eigenvalue weighted by Crippen LogP contribution is -2.47. The average molecular weight is 470 g/mol. The normalized spacial score (nSPS) is 19.1. The van der Waals surface area contributed by atoms with Gasteiger partial charge in [0, 0.05) is 28.1 Å². The lowest BCUT2D eigenvalue weighted by atomic mass is 9.86. The van der Waals surface area contributed by atoms with E-state index in [1.165, 1.54) is 5.56 Å². The zero-order valence-electron chi connectivity index (χ0n) is 16.2. The van der Waals surface area contributed by atoms with Crippen LogP contribution in [-0.4, -0.2) is 30.5 Å². The number of halogens is 1. The molecule has 1 atom stereocenters. The molecule has 1 unspecified atom stereocenters. The van der Waals surface area contributed by atoms with Crippen molar-refractivity contribution in [3.8, 4) is 11.8 Å². The average Bonchev–Trinajstić information content (AvgIpc) is 2.74. The van der Waals surface area contributed by atoms with E-state index in [4.69, 9.17) is 4.74 Å². The predicted molar refractivity (Wildman–Crippen MR) is 119 cm³/mol. The van der Waals surface area contributed by atoms with Crippen molar-refractivity contribution in [2.75, 3.05) is 24.6 Å². The Kier molecular flexibility index (Phi) is 5.57. The molecule has 1 fully saturated rings. The minimum absolute atomic E-state index is 0.0235. The molecule has 0 bridgehead atoms. The van der Waals surface area contributed by atoms with E-state index < -0.39 is 0 Å². The van der Waals surface area contributed by atoms with Gasteiger partial charge < -0.3 is 9.64 Å². The van der Waals surface area contributed by atoms with Crippen molar-refractivity contribution in [2.24, 2.45) is 0 Å². The zero-order chi connectivity index (χ0) is 20.5. The molecule has 2 aliphatic rings. The number of allylic oxidation sites excluding steroid dienone is 1. The Labute approximate surface area is 183 Å². The number of rotatable bonds is 3. The first-order valence-electron chi connectivity index (χ1n) is 9.24. The lowest BCUT2D eigenvalue weighted by Gasteiger charge is -2.42. The van der Waals surface area contributed by atoms with E-state index in [1.54, 1.807) is 23.8 Å². The van der Waals surface area contributed by atoms with E-state index in [0.717, 1.165) is 20.8 Å². The molecule has 0 spiro atoms. The molecular formula is C22H20BrN3O2S. The highest BCUT2D eigenvalue weighted by Crippen LogP contribution is 2.45. The first kappa shape index (κ1) is 19.9. The highest BCUT2D eigenvalue weighted by atomic mass is 79.9. The number of hydrogen-bond acceptors (Lipinski definition) is 5. The van der Waals surface area contributed by atoms with Crippen molar-refractivity contribution in [3.05, 3.63) is 68.7 Å². The fraction of sp³-hybridized carbons (Fsp3) is 0.273. The molecule has 29 heavy (non-hydrogen) atoms. The molecule has 7 heteroatoms. The van der Waals surface area contributed by atoms with Crippen LogP contribution in [-0.2, 0) is 4.79 Å². The van der Waals surface area contributed by atoms with Crippen LogP contribution < -0.4 is 9.64 Å². The summed E-state index contributed by atoms with van der Waals surface area (Å²) in [5.74, 6) is 1.10. The summed E-state index contributed by atoms with van der Waals surface area (Å²) < 4.78 is 6.41. The van der Waals surface area contributed by atoms with Crippen molar-refractivity contribution in [2.45, 2.75) is 19.3 Å². The van der Waals surface area contributed by atoms with Gasteiger partial charge >= 0.3 is 0 Å². The minimum Gasteiger partial charge on any atom is -0.496 e. The van der Waals surface area contributed by atoms with Gasteiger partial charge in [0.1, 0.15) is 5.75 Å². The first-order valence-corrected chi connectivity index (χ1v) is 11.0. The monoisotopic (exact) mass is 469 g/mol. The fourth-order valence-electron chi connectivity index (χ4n) is 3.72. The van der Waals surface area contributed by atoms with Crippen LogP contribution in [0.15, 0.2) is 57.5 Å². The van der Waals surface area contributed by atoms with Crippen LogP contribution in [0.3, 0.4) is 0 Å². The Morgan fingerprint density at radius 1 is 1.24 bits per heavy atom. The van der Waals surface area contributed by atoms with Gasteiger partial charge in [0.05, 0.1) is 36.3 Å². The molecule has 2 aromatic rings. The molecule has 1 amide bonds. The standard InChI is InChI=1S/C22H20BrN3O2S/c1-14-3-6-16(7-4-14)25-12-26-21(27)10-17(19(11-24)22(26)29-13-25)18-9-15(23)5-8-20(18)28-2/h3-9,17H,10,12-13H2,1-2H3. The third-order valence-electron chi connectivity index (χ3n) is 5.26. The number of aryl methyl sites for hydroxylation is 1. The van der Waals surface area contributed by atoms with Crippen LogP contribution in [0.2, 0.25) is 0 Å². The number of methoxy groups -OCH3 is 1. The smallest absolute Gasteiger partial charge is 0.229 e. The summed E-state index contributed by atoms with van der Waals surface area (Å²) in [7, 11) is 1.61. The number of nitrogens with zero attached hydrogens (tertiary/aromatic N) is 3. The number of nitriles is 1. The summed E-state index contributed by atoms with van der Waals surface area (Å²) in [4.78, 5) is 17.0. The van der Waals surface area contributed by atoms with Crippen molar-refractivity contribution < 1.29 is 9.53 Å². The molecule has 0 aliphatic carbocycles. The molecule has 1 saturated heterocycles. The Morgan fingerprint density at radius 3 is 2.69 bits per heavy atom. The van der Waals surface area contributed by atoms with Crippen LogP contribution >= 0.6 is 27.7 Å². The second kappa shape index (κ2) is 8.13. The molecule has 0 radical (unpaired) electrons. The molecule has 2 heterocycles. The predicted octanol–water partition coefficient (Wildman–Crippen LogP) is 4.99. The van der Waals surface area contributed by atoms with Gasteiger partial charge in [-0.15, -0.1) is 0 Å².